The van der Waals surface area contributed by atoms with Crippen LogP contribution in [0.5, 0.6) is 0 Å². The van der Waals surface area contributed by atoms with Crippen LogP contribution in [0.2, 0.25) is 10.0 Å². The van der Waals surface area contributed by atoms with Crippen molar-refractivity contribution in [3.8, 4) is 0 Å². The molecule has 5 N–H and O–H groups in total. The quantitative estimate of drug-likeness (QED) is 0.312. The van der Waals surface area contributed by atoms with Crippen molar-refractivity contribution in [2.45, 2.75) is 56.5 Å². The minimum atomic E-state index is -0.380. The number of amides is 3. The van der Waals surface area contributed by atoms with Crippen LogP contribution >= 0.6 is 23.2 Å². The molecule has 3 amide bonds. The average molecular weight is 543 g/mol. The van der Waals surface area contributed by atoms with Gasteiger partial charge in [-0.05, 0) is 80.2 Å². The van der Waals surface area contributed by atoms with E-state index in [0.29, 0.717) is 34.7 Å². The van der Waals surface area contributed by atoms with Crippen molar-refractivity contribution < 1.29 is 9.59 Å². The molecule has 0 spiro atoms. The van der Waals surface area contributed by atoms with Gasteiger partial charge in [0.05, 0.1) is 16.1 Å². The lowest BCUT2D eigenvalue weighted by atomic mass is 9.80. The molecule has 0 bridgehead atoms. The summed E-state index contributed by atoms with van der Waals surface area (Å²) in [4.78, 5) is 30.3. The van der Waals surface area contributed by atoms with Gasteiger partial charge in [0.15, 0.2) is 0 Å². The van der Waals surface area contributed by atoms with E-state index in [1.807, 2.05) is 0 Å². The molecule has 2 aromatic carbocycles. The summed E-state index contributed by atoms with van der Waals surface area (Å²) in [7, 11) is 0. The zero-order valence-corrected chi connectivity index (χ0v) is 22.2. The maximum atomic E-state index is 12.7. The fraction of sp³-hybridized carbons (Fsp3) is 0.429. The van der Waals surface area contributed by atoms with Crippen LogP contribution in [0.25, 0.3) is 10.9 Å². The molecule has 3 aromatic rings. The highest BCUT2D eigenvalue weighted by atomic mass is 35.5. The molecule has 2 aliphatic rings. The molecule has 1 aromatic heterocycles. The monoisotopic (exact) mass is 541 g/mol. The molecular formula is C28H33Cl2N5O2. The van der Waals surface area contributed by atoms with Crippen molar-refractivity contribution in [3.63, 3.8) is 0 Å². The Hall–Kier alpha value is -2.74. The third-order valence-corrected chi connectivity index (χ3v) is 8.72. The lowest BCUT2D eigenvalue weighted by molar-refractivity contribution is -0.122. The highest BCUT2D eigenvalue weighted by Gasteiger charge is 2.34. The topological polar surface area (TPSA) is 103 Å². The summed E-state index contributed by atoms with van der Waals surface area (Å²) < 4.78 is 0. The number of aromatic amines is 1. The summed E-state index contributed by atoms with van der Waals surface area (Å²) in [6.45, 7) is 1.13. The van der Waals surface area contributed by atoms with Gasteiger partial charge in [0.25, 0.3) is 0 Å². The van der Waals surface area contributed by atoms with E-state index in [-0.39, 0.29) is 29.9 Å². The number of likely N-dealkylation sites (tertiary alicyclic amines) is 1. The number of urea groups is 1. The zero-order chi connectivity index (χ0) is 25.9. The van der Waals surface area contributed by atoms with Crippen LogP contribution in [-0.2, 0) is 4.79 Å². The highest BCUT2D eigenvalue weighted by Crippen LogP contribution is 2.37. The molecule has 5 rings (SSSR count). The number of nitrogens with one attached hydrogen (secondary N) is 3. The van der Waals surface area contributed by atoms with Gasteiger partial charge in [-0.2, -0.15) is 0 Å². The van der Waals surface area contributed by atoms with Gasteiger partial charge in [-0.3, -0.25) is 4.79 Å². The van der Waals surface area contributed by atoms with E-state index in [4.69, 9.17) is 28.9 Å². The number of anilines is 1. The molecule has 7 nitrogen and oxygen atoms in total. The van der Waals surface area contributed by atoms with Crippen LogP contribution in [0.4, 0.5) is 10.5 Å². The van der Waals surface area contributed by atoms with Crippen molar-refractivity contribution in [1.29, 1.82) is 0 Å². The number of primary amides is 1. The zero-order valence-electron chi connectivity index (χ0n) is 20.7. The van der Waals surface area contributed by atoms with E-state index >= 15 is 0 Å². The molecule has 196 valence electrons. The second kappa shape index (κ2) is 11.3. The van der Waals surface area contributed by atoms with E-state index in [0.717, 1.165) is 38.5 Å². The summed E-state index contributed by atoms with van der Waals surface area (Å²) in [6, 6.07) is 13.2. The first-order valence-corrected chi connectivity index (χ1v) is 13.8. The minimum Gasteiger partial charge on any atom is -0.368 e. The summed E-state index contributed by atoms with van der Waals surface area (Å²) in [6.07, 6.45) is 7.79. The molecule has 1 unspecified atom stereocenters. The van der Waals surface area contributed by atoms with Crippen molar-refractivity contribution >= 4 is 51.7 Å². The summed E-state index contributed by atoms with van der Waals surface area (Å²) in [5.41, 5.74) is 9.03. The fourth-order valence-electron chi connectivity index (χ4n) is 5.92. The van der Waals surface area contributed by atoms with Gasteiger partial charge in [-0.1, -0.05) is 41.4 Å². The van der Waals surface area contributed by atoms with E-state index in [9.17, 15) is 9.59 Å². The van der Waals surface area contributed by atoms with Crippen molar-refractivity contribution in [3.05, 3.63) is 64.3 Å². The lowest BCUT2D eigenvalue weighted by Crippen LogP contribution is -2.54. The Kier molecular flexibility index (Phi) is 7.93. The second-order valence-electron chi connectivity index (χ2n) is 10.3. The van der Waals surface area contributed by atoms with E-state index in [2.05, 4.69) is 46.1 Å². The van der Waals surface area contributed by atoms with Gasteiger partial charge < -0.3 is 26.3 Å². The van der Waals surface area contributed by atoms with Crippen LogP contribution in [0.3, 0.4) is 0 Å². The highest BCUT2D eigenvalue weighted by molar-refractivity contribution is 6.42. The average Bonchev–Trinajstić information content (AvgIpc) is 3.34. The Morgan fingerprint density at radius 3 is 2.41 bits per heavy atom. The number of hydrogen-bond donors (Lipinski definition) is 4. The van der Waals surface area contributed by atoms with Crippen molar-refractivity contribution in [2.24, 2.45) is 11.7 Å². The first kappa shape index (κ1) is 25.9. The number of carbonyl (C=O) groups is 2. The third-order valence-electron chi connectivity index (χ3n) is 7.98. The van der Waals surface area contributed by atoms with Crippen LogP contribution < -0.4 is 16.4 Å². The van der Waals surface area contributed by atoms with E-state index in [1.54, 1.807) is 23.1 Å². The summed E-state index contributed by atoms with van der Waals surface area (Å²) in [5, 5.41) is 8.61. The number of halogens is 2. The largest absolute Gasteiger partial charge is 0.368 e. The SMILES string of the molecule is NC(=O)C(NC1CCC(c2c[nH]c3ccccc23)CC1)C1CCN(C(=O)Nc2ccc(Cl)c(Cl)c2)CC1. The Balaban J connectivity index is 1.12. The Morgan fingerprint density at radius 1 is 0.973 bits per heavy atom. The summed E-state index contributed by atoms with van der Waals surface area (Å²) >= 11 is 12.0. The van der Waals surface area contributed by atoms with Crippen LogP contribution in [0.1, 0.15) is 50.0 Å². The first-order chi connectivity index (χ1) is 17.9. The van der Waals surface area contributed by atoms with Gasteiger partial charge in [-0.25, -0.2) is 4.79 Å². The predicted octanol–water partition coefficient (Wildman–Crippen LogP) is 5.89. The molecule has 0 radical (unpaired) electrons. The van der Waals surface area contributed by atoms with Crippen molar-refractivity contribution in [2.75, 3.05) is 18.4 Å². The Morgan fingerprint density at radius 2 is 1.70 bits per heavy atom. The molecule has 2 heterocycles. The van der Waals surface area contributed by atoms with Crippen LogP contribution in [0.15, 0.2) is 48.7 Å². The predicted molar refractivity (Wildman–Crippen MR) is 149 cm³/mol. The maximum absolute atomic E-state index is 12.7. The third kappa shape index (κ3) is 5.89. The Bertz CT molecular complexity index is 1260. The van der Waals surface area contributed by atoms with Crippen LogP contribution in [-0.4, -0.2) is 47.0 Å². The molecule has 37 heavy (non-hydrogen) atoms. The number of aromatic nitrogens is 1. The molecule has 1 atom stereocenters. The first-order valence-electron chi connectivity index (χ1n) is 13.0. The number of piperidine rings is 1. The number of nitrogens with two attached hydrogens (primary N) is 1. The van der Waals surface area contributed by atoms with Crippen LogP contribution in [0, 0.1) is 5.92 Å². The fourth-order valence-corrected chi connectivity index (χ4v) is 6.22. The molecule has 9 heteroatoms. The molecule has 2 fully saturated rings. The number of H-pyrrole nitrogens is 1. The second-order valence-corrected chi connectivity index (χ2v) is 11.1. The van der Waals surface area contributed by atoms with E-state index < -0.39 is 0 Å². The maximum Gasteiger partial charge on any atom is 0.321 e. The van der Waals surface area contributed by atoms with Gasteiger partial charge in [0, 0.05) is 41.9 Å². The number of fused-ring (bicyclic) bond motifs is 1. The number of para-hydroxylation sites is 1. The van der Waals surface area contributed by atoms with Gasteiger partial charge in [-0.15, -0.1) is 0 Å². The normalized spacial score (nSPS) is 21.6. The standard InChI is InChI=1S/C28H33Cl2N5O2/c29-23-10-9-20(15-24(23)30)34-28(37)35-13-11-18(12-14-35)26(27(31)36)33-19-7-5-17(6-8-19)22-16-32-25-4-2-1-3-21(22)25/h1-4,9-10,15-19,26,32-33H,5-8,11-14H2,(H2,31,36)(H,34,37). The van der Waals surface area contributed by atoms with Crippen molar-refractivity contribution in [1.82, 2.24) is 15.2 Å². The van der Waals surface area contributed by atoms with E-state index in [1.165, 1.54) is 16.5 Å². The smallest absolute Gasteiger partial charge is 0.321 e. The lowest BCUT2D eigenvalue weighted by Gasteiger charge is -2.38. The number of hydrogen-bond acceptors (Lipinski definition) is 3. The molecule has 1 aliphatic carbocycles. The van der Waals surface area contributed by atoms with Gasteiger partial charge in [0.2, 0.25) is 5.91 Å². The van der Waals surface area contributed by atoms with Gasteiger partial charge >= 0.3 is 6.03 Å². The minimum absolute atomic E-state index is 0.109. The molecule has 1 aliphatic heterocycles. The number of nitrogens with zero attached hydrogens (tertiary/aromatic N) is 1. The Labute approximate surface area is 227 Å². The molecular weight excluding hydrogens is 509 g/mol. The molecule has 1 saturated carbocycles. The molecule has 1 saturated heterocycles. The summed E-state index contributed by atoms with van der Waals surface area (Å²) in [5.74, 6) is 0.328. The number of carbonyl (C=O) groups excluding carboxylic acids is 2. The number of rotatable bonds is 6. The van der Waals surface area contributed by atoms with Gasteiger partial charge in [0.1, 0.15) is 0 Å². The number of benzene rings is 2.